The highest BCUT2D eigenvalue weighted by molar-refractivity contribution is 5.78. The summed E-state index contributed by atoms with van der Waals surface area (Å²) in [6.07, 6.45) is 1.12. The Morgan fingerprint density at radius 2 is 2.20 bits per heavy atom. The Kier molecular flexibility index (Phi) is 5.56. The molecule has 4 heteroatoms. The topological polar surface area (TPSA) is 58.4 Å². The van der Waals surface area contributed by atoms with Gasteiger partial charge < -0.3 is 11.1 Å². The van der Waals surface area contributed by atoms with E-state index in [0.29, 0.717) is 24.9 Å². The van der Waals surface area contributed by atoms with E-state index in [1.807, 2.05) is 18.2 Å². The van der Waals surface area contributed by atoms with E-state index >= 15 is 0 Å². The summed E-state index contributed by atoms with van der Waals surface area (Å²) in [5.74, 6) is 1.02. The van der Waals surface area contributed by atoms with Gasteiger partial charge in [0.15, 0.2) is 0 Å². The van der Waals surface area contributed by atoms with Crippen LogP contribution in [-0.4, -0.2) is 43.5 Å². The summed E-state index contributed by atoms with van der Waals surface area (Å²) in [5, 5.41) is 3.03. The van der Waals surface area contributed by atoms with Crippen LogP contribution in [0.4, 0.5) is 0 Å². The maximum Gasteiger partial charge on any atom is 0.234 e. The van der Waals surface area contributed by atoms with Gasteiger partial charge in [-0.3, -0.25) is 9.69 Å². The van der Waals surface area contributed by atoms with Gasteiger partial charge in [0.25, 0.3) is 0 Å². The van der Waals surface area contributed by atoms with E-state index in [0.717, 1.165) is 26.1 Å². The third-order valence-electron chi connectivity index (χ3n) is 4.04. The molecule has 2 rings (SSSR count). The fraction of sp³-hybridized carbons (Fsp3) is 0.562. The van der Waals surface area contributed by atoms with Crippen LogP contribution in [0.2, 0.25) is 0 Å². The summed E-state index contributed by atoms with van der Waals surface area (Å²) in [7, 11) is 0. The van der Waals surface area contributed by atoms with Gasteiger partial charge in [-0.25, -0.2) is 0 Å². The summed E-state index contributed by atoms with van der Waals surface area (Å²) >= 11 is 0. The smallest absolute Gasteiger partial charge is 0.234 e. The van der Waals surface area contributed by atoms with Crippen molar-refractivity contribution < 1.29 is 4.79 Å². The van der Waals surface area contributed by atoms with Crippen molar-refractivity contribution in [2.45, 2.75) is 19.3 Å². The van der Waals surface area contributed by atoms with Crippen LogP contribution < -0.4 is 11.1 Å². The van der Waals surface area contributed by atoms with E-state index in [1.54, 1.807) is 0 Å². The van der Waals surface area contributed by atoms with Crippen LogP contribution in [0.25, 0.3) is 0 Å². The number of nitrogens with zero attached hydrogens (tertiary/aromatic N) is 1. The van der Waals surface area contributed by atoms with Crippen LogP contribution >= 0.6 is 0 Å². The minimum absolute atomic E-state index is 0.116. The van der Waals surface area contributed by atoms with E-state index in [2.05, 4.69) is 29.3 Å². The highest BCUT2D eigenvalue weighted by Gasteiger charge is 2.22. The largest absolute Gasteiger partial charge is 0.354 e. The second-order valence-corrected chi connectivity index (χ2v) is 5.74. The molecule has 110 valence electrons. The molecule has 1 aromatic rings. The number of carbonyl (C=O) groups excluding carboxylic acids is 1. The summed E-state index contributed by atoms with van der Waals surface area (Å²) in [5.41, 5.74) is 6.92. The molecule has 4 nitrogen and oxygen atoms in total. The molecule has 0 aromatic heterocycles. The van der Waals surface area contributed by atoms with Crippen molar-refractivity contribution in [1.29, 1.82) is 0 Å². The van der Waals surface area contributed by atoms with Crippen LogP contribution in [0.3, 0.4) is 0 Å². The molecule has 1 fully saturated rings. The molecule has 2 atom stereocenters. The molecule has 0 aliphatic carbocycles. The van der Waals surface area contributed by atoms with Gasteiger partial charge in [0.2, 0.25) is 5.91 Å². The van der Waals surface area contributed by atoms with Gasteiger partial charge in [0.1, 0.15) is 0 Å². The molecular weight excluding hydrogens is 250 g/mol. The molecule has 2 unspecified atom stereocenters. The fourth-order valence-electron chi connectivity index (χ4n) is 2.67. The van der Waals surface area contributed by atoms with E-state index in [1.165, 1.54) is 5.56 Å². The van der Waals surface area contributed by atoms with Crippen LogP contribution in [0.1, 0.15) is 24.8 Å². The Morgan fingerprint density at radius 3 is 2.85 bits per heavy atom. The summed E-state index contributed by atoms with van der Waals surface area (Å²) in [6.45, 7) is 6.00. The third kappa shape index (κ3) is 4.32. The molecule has 20 heavy (non-hydrogen) atoms. The Labute approximate surface area is 121 Å². The lowest BCUT2D eigenvalue weighted by atomic mass is 10.0. The van der Waals surface area contributed by atoms with Crippen LogP contribution in [0.5, 0.6) is 0 Å². The number of benzene rings is 1. The lowest BCUT2D eigenvalue weighted by Gasteiger charge is -2.17. The lowest BCUT2D eigenvalue weighted by molar-refractivity contribution is -0.122. The molecule has 0 spiro atoms. The molecule has 1 amide bonds. The number of carbonyl (C=O) groups is 1. The molecule has 1 aliphatic heterocycles. The molecule has 0 saturated carbocycles. The van der Waals surface area contributed by atoms with Gasteiger partial charge in [-0.15, -0.1) is 0 Å². The van der Waals surface area contributed by atoms with Gasteiger partial charge in [-0.05, 0) is 36.9 Å². The summed E-state index contributed by atoms with van der Waals surface area (Å²) in [4.78, 5) is 14.1. The van der Waals surface area contributed by atoms with E-state index in [9.17, 15) is 4.79 Å². The number of likely N-dealkylation sites (tertiary alicyclic amines) is 1. The molecule has 1 heterocycles. The minimum atomic E-state index is 0.116. The molecule has 1 aliphatic rings. The maximum atomic E-state index is 11.9. The second-order valence-electron chi connectivity index (χ2n) is 5.74. The van der Waals surface area contributed by atoms with Crippen molar-refractivity contribution in [3.63, 3.8) is 0 Å². The fourth-order valence-corrected chi connectivity index (χ4v) is 2.67. The molecule has 0 bridgehead atoms. The van der Waals surface area contributed by atoms with Crippen LogP contribution in [0.15, 0.2) is 30.3 Å². The third-order valence-corrected chi connectivity index (χ3v) is 4.04. The first kappa shape index (κ1) is 15.0. The van der Waals surface area contributed by atoms with Crippen molar-refractivity contribution in [1.82, 2.24) is 10.2 Å². The number of nitrogens with two attached hydrogens (primary N) is 1. The number of nitrogens with one attached hydrogen (secondary N) is 1. The molecule has 1 aromatic carbocycles. The predicted octanol–water partition coefficient (Wildman–Crippen LogP) is 1.19. The van der Waals surface area contributed by atoms with Crippen molar-refractivity contribution >= 4 is 5.91 Å². The quantitative estimate of drug-likeness (QED) is 0.820. The number of amides is 1. The Morgan fingerprint density at radius 1 is 1.45 bits per heavy atom. The van der Waals surface area contributed by atoms with Crippen molar-refractivity contribution in [2.24, 2.45) is 11.7 Å². The molecule has 0 radical (unpaired) electrons. The zero-order chi connectivity index (χ0) is 14.4. The molecule has 3 N–H and O–H groups in total. The van der Waals surface area contributed by atoms with Crippen molar-refractivity contribution in [3.8, 4) is 0 Å². The normalized spacial score (nSPS) is 20.8. The molecule has 1 saturated heterocycles. The van der Waals surface area contributed by atoms with E-state index in [4.69, 9.17) is 5.73 Å². The second kappa shape index (κ2) is 7.41. The van der Waals surface area contributed by atoms with Gasteiger partial charge in [-0.1, -0.05) is 37.3 Å². The van der Waals surface area contributed by atoms with E-state index in [-0.39, 0.29) is 5.91 Å². The first-order valence-corrected chi connectivity index (χ1v) is 7.43. The predicted molar refractivity (Wildman–Crippen MR) is 81.5 cm³/mol. The van der Waals surface area contributed by atoms with Crippen LogP contribution in [0, 0.1) is 5.92 Å². The standard InChI is InChI=1S/C16H25N3O/c1-13(15-5-3-2-4-6-15)10-18-16(20)12-19-8-7-14(9-17)11-19/h2-6,13-14H,7-12,17H2,1H3,(H,18,20). The van der Waals surface area contributed by atoms with Gasteiger partial charge in [0, 0.05) is 13.1 Å². The first-order valence-electron chi connectivity index (χ1n) is 7.43. The van der Waals surface area contributed by atoms with Crippen molar-refractivity contribution in [3.05, 3.63) is 35.9 Å². The monoisotopic (exact) mass is 275 g/mol. The Bertz CT molecular complexity index is 421. The van der Waals surface area contributed by atoms with Gasteiger partial charge in [-0.2, -0.15) is 0 Å². The lowest BCUT2D eigenvalue weighted by Crippen LogP contribution is -2.37. The van der Waals surface area contributed by atoms with Gasteiger partial charge >= 0.3 is 0 Å². The van der Waals surface area contributed by atoms with Crippen molar-refractivity contribution in [2.75, 3.05) is 32.7 Å². The zero-order valence-electron chi connectivity index (χ0n) is 12.2. The Hall–Kier alpha value is -1.39. The van der Waals surface area contributed by atoms with Gasteiger partial charge in [0.05, 0.1) is 6.54 Å². The highest BCUT2D eigenvalue weighted by Crippen LogP contribution is 2.15. The minimum Gasteiger partial charge on any atom is -0.354 e. The zero-order valence-corrected chi connectivity index (χ0v) is 12.2. The number of rotatable bonds is 6. The maximum absolute atomic E-state index is 11.9. The number of hydrogen-bond donors (Lipinski definition) is 2. The average molecular weight is 275 g/mol. The number of hydrogen-bond acceptors (Lipinski definition) is 3. The first-order chi connectivity index (χ1) is 9.69. The summed E-state index contributed by atoms with van der Waals surface area (Å²) < 4.78 is 0. The van der Waals surface area contributed by atoms with Crippen LogP contribution in [-0.2, 0) is 4.79 Å². The SMILES string of the molecule is CC(CNC(=O)CN1CCC(CN)C1)c1ccccc1. The Balaban J connectivity index is 1.70. The molecular formula is C16H25N3O. The van der Waals surface area contributed by atoms with E-state index < -0.39 is 0 Å². The summed E-state index contributed by atoms with van der Waals surface area (Å²) in [6, 6.07) is 10.3. The highest BCUT2D eigenvalue weighted by atomic mass is 16.2. The average Bonchev–Trinajstić information content (AvgIpc) is 2.93.